The minimum Gasteiger partial charge on any atom is -0.495 e. The molecule has 0 spiro atoms. The van der Waals surface area contributed by atoms with Crippen molar-refractivity contribution in [3.63, 3.8) is 0 Å². The van der Waals surface area contributed by atoms with E-state index in [-0.39, 0.29) is 23.9 Å². The molecule has 6 nitrogen and oxygen atoms in total. The second-order valence-electron chi connectivity index (χ2n) is 8.56. The van der Waals surface area contributed by atoms with Crippen molar-refractivity contribution in [3.8, 4) is 5.75 Å². The van der Waals surface area contributed by atoms with E-state index >= 15 is 0 Å². The Kier molecular flexibility index (Phi) is 7.21. The molecule has 0 unspecified atom stereocenters. The molecule has 1 aliphatic carbocycles. The first-order chi connectivity index (χ1) is 14.8. The van der Waals surface area contributed by atoms with Crippen molar-refractivity contribution in [2.24, 2.45) is 5.92 Å². The van der Waals surface area contributed by atoms with Gasteiger partial charge >= 0.3 is 12.0 Å². The lowest BCUT2D eigenvalue weighted by Crippen LogP contribution is -2.46. The van der Waals surface area contributed by atoms with Gasteiger partial charge in [0.1, 0.15) is 5.75 Å². The van der Waals surface area contributed by atoms with Gasteiger partial charge in [-0.2, -0.15) is 0 Å². The fourth-order valence-electron chi connectivity index (χ4n) is 4.33. The van der Waals surface area contributed by atoms with E-state index in [1.165, 1.54) is 0 Å². The zero-order chi connectivity index (χ0) is 22.5. The molecule has 1 aliphatic rings. The molecule has 0 heterocycles. The number of rotatable bonds is 6. The number of benzene rings is 2. The normalized spacial score (nSPS) is 18.5. The van der Waals surface area contributed by atoms with Crippen molar-refractivity contribution in [1.82, 2.24) is 0 Å². The zero-order valence-electron chi connectivity index (χ0n) is 18.7. The summed E-state index contributed by atoms with van der Waals surface area (Å²) >= 11 is 0. The lowest BCUT2D eigenvalue weighted by atomic mass is 9.85. The van der Waals surface area contributed by atoms with Gasteiger partial charge in [-0.3, -0.25) is 9.69 Å². The highest BCUT2D eigenvalue weighted by Gasteiger charge is 2.33. The van der Waals surface area contributed by atoms with E-state index in [4.69, 9.17) is 4.74 Å². The standard InChI is InChI=1S/C25H32N2O4/c1-16(2)20-7-5-6-8-22(20)27(19-12-10-18(11-13-19)24(28)29)25(30)26-21-14-9-17(3)15-23(21)31-4/h5-9,14-16,18-19H,10-13H2,1-4H3,(H,26,30)(H,28,29)/t18-,19-. The number of aryl methyl sites for hydroxylation is 1. The van der Waals surface area contributed by atoms with Crippen LogP contribution in [0.2, 0.25) is 0 Å². The molecular formula is C25H32N2O4. The van der Waals surface area contributed by atoms with Crippen LogP contribution in [0, 0.1) is 12.8 Å². The van der Waals surface area contributed by atoms with E-state index in [2.05, 4.69) is 25.2 Å². The highest BCUT2D eigenvalue weighted by Crippen LogP contribution is 2.36. The number of nitrogens with zero attached hydrogens (tertiary/aromatic N) is 1. The quantitative estimate of drug-likeness (QED) is 0.613. The number of carbonyl (C=O) groups is 2. The molecule has 6 heteroatoms. The number of urea groups is 1. The molecule has 0 bridgehead atoms. The fraction of sp³-hybridized carbons (Fsp3) is 0.440. The van der Waals surface area contributed by atoms with Crippen molar-refractivity contribution in [2.75, 3.05) is 17.3 Å². The van der Waals surface area contributed by atoms with Crippen LogP contribution < -0.4 is 15.0 Å². The second-order valence-corrected chi connectivity index (χ2v) is 8.56. The Bertz CT molecular complexity index is 933. The van der Waals surface area contributed by atoms with Gasteiger partial charge in [-0.15, -0.1) is 0 Å². The van der Waals surface area contributed by atoms with Crippen LogP contribution in [0.4, 0.5) is 16.2 Å². The molecule has 166 valence electrons. The molecular weight excluding hydrogens is 392 g/mol. The highest BCUT2D eigenvalue weighted by atomic mass is 16.5. The summed E-state index contributed by atoms with van der Waals surface area (Å²) in [6.07, 6.45) is 2.45. The number of anilines is 2. The summed E-state index contributed by atoms with van der Waals surface area (Å²) in [4.78, 5) is 26.8. The predicted molar refractivity (Wildman–Crippen MR) is 123 cm³/mol. The summed E-state index contributed by atoms with van der Waals surface area (Å²) in [5.74, 6) is -0.226. The number of ether oxygens (including phenoxy) is 1. The van der Waals surface area contributed by atoms with E-state index in [9.17, 15) is 14.7 Å². The number of hydrogen-bond donors (Lipinski definition) is 2. The molecule has 0 aliphatic heterocycles. The molecule has 0 radical (unpaired) electrons. The number of carbonyl (C=O) groups excluding carboxylic acids is 1. The third kappa shape index (κ3) is 5.19. The Morgan fingerprint density at radius 1 is 1.10 bits per heavy atom. The summed E-state index contributed by atoms with van der Waals surface area (Å²) in [7, 11) is 1.59. The van der Waals surface area contributed by atoms with E-state index in [0.29, 0.717) is 37.1 Å². The summed E-state index contributed by atoms with van der Waals surface area (Å²) in [5, 5.41) is 12.4. The Labute approximate surface area is 184 Å². The molecule has 2 amide bonds. The van der Waals surface area contributed by atoms with E-state index in [1.54, 1.807) is 7.11 Å². The number of methoxy groups -OCH3 is 1. The summed E-state index contributed by atoms with van der Waals surface area (Å²) < 4.78 is 5.46. The monoisotopic (exact) mass is 424 g/mol. The Morgan fingerprint density at radius 2 is 1.77 bits per heavy atom. The molecule has 31 heavy (non-hydrogen) atoms. The van der Waals surface area contributed by atoms with Crippen LogP contribution in [0.25, 0.3) is 0 Å². The molecule has 0 saturated heterocycles. The Hall–Kier alpha value is -3.02. The van der Waals surface area contributed by atoms with Crippen LogP contribution in [0.3, 0.4) is 0 Å². The van der Waals surface area contributed by atoms with Crippen molar-refractivity contribution < 1.29 is 19.4 Å². The minimum absolute atomic E-state index is 0.0630. The number of carboxylic acid groups (broad SMARTS) is 1. The van der Waals surface area contributed by atoms with E-state index in [0.717, 1.165) is 16.8 Å². The number of hydrogen-bond acceptors (Lipinski definition) is 3. The SMILES string of the molecule is COc1cc(C)ccc1NC(=O)N(c1ccccc1C(C)C)[C@H]1CC[C@H](C(=O)O)CC1. The van der Waals surface area contributed by atoms with Crippen molar-refractivity contribution in [1.29, 1.82) is 0 Å². The van der Waals surface area contributed by atoms with Crippen molar-refractivity contribution >= 4 is 23.4 Å². The number of para-hydroxylation sites is 1. The molecule has 2 aromatic rings. The van der Waals surface area contributed by atoms with Gasteiger partial charge in [0, 0.05) is 11.7 Å². The second kappa shape index (κ2) is 9.86. The highest BCUT2D eigenvalue weighted by molar-refractivity contribution is 6.03. The van der Waals surface area contributed by atoms with Crippen LogP contribution in [0.15, 0.2) is 42.5 Å². The molecule has 3 rings (SSSR count). The first kappa shape index (κ1) is 22.7. The fourth-order valence-corrected chi connectivity index (χ4v) is 4.33. The lowest BCUT2D eigenvalue weighted by molar-refractivity contribution is -0.142. The van der Waals surface area contributed by atoms with Crippen LogP contribution in [0.1, 0.15) is 56.6 Å². The van der Waals surface area contributed by atoms with Gasteiger partial charge in [-0.1, -0.05) is 38.1 Å². The zero-order valence-corrected chi connectivity index (χ0v) is 18.7. The number of carboxylic acids is 1. The molecule has 1 saturated carbocycles. The van der Waals surface area contributed by atoms with Gasteiger partial charge in [-0.05, 0) is 67.9 Å². The van der Waals surface area contributed by atoms with Crippen LogP contribution in [-0.2, 0) is 4.79 Å². The maximum atomic E-state index is 13.6. The summed E-state index contributed by atoms with van der Waals surface area (Å²) in [5.41, 5.74) is 3.63. The van der Waals surface area contributed by atoms with Gasteiger partial charge in [0.15, 0.2) is 0 Å². The first-order valence-corrected chi connectivity index (χ1v) is 10.9. The number of amides is 2. The molecule has 0 atom stereocenters. The van der Waals surface area contributed by atoms with Gasteiger partial charge in [-0.25, -0.2) is 4.79 Å². The van der Waals surface area contributed by atoms with Gasteiger partial charge < -0.3 is 15.2 Å². The maximum Gasteiger partial charge on any atom is 0.326 e. The maximum absolute atomic E-state index is 13.6. The lowest BCUT2D eigenvalue weighted by Gasteiger charge is -2.37. The number of aliphatic carboxylic acids is 1. The van der Waals surface area contributed by atoms with Crippen molar-refractivity contribution in [2.45, 2.75) is 58.4 Å². The van der Waals surface area contributed by atoms with Gasteiger partial charge in [0.25, 0.3) is 0 Å². The first-order valence-electron chi connectivity index (χ1n) is 10.9. The topological polar surface area (TPSA) is 78.9 Å². The van der Waals surface area contributed by atoms with Gasteiger partial charge in [0.2, 0.25) is 0 Å². The minimum atomic E-state index is -0.749. The summed E-state index contributed by atoms with van der Waals surface area (Å²) in [6, 6.07) is 13.3. The van der Waals surface area contributed by atoms with Gasteiger partial charge in [0.05, 0.1) is 18.7 Å². The van der Waals surface area contributed by atoms with Crippen LogP contribution >= 0.6 is 0 Å². The third-order valence-corrected chi connectivity index (χ3v) is 6.05. The van der Waals surface area contributed by atoms with Crippen LogP contribution in [0.5, 0.6) is 5.75 Å². The molecule has 2 N–H and O–H groups in total. The van der Waals surface area contributed by atoms with E-state index in [1.807, 2.05) is 48.2 Å². The molecule has 2 aromatic carbocycles. The Morgan fingerprint density at radius 3 is 2.39 bits per heavy atom. The largest absolute Gasteiger partial charge is 0.495 e. The smallest absolute Gasteiger partial charge is 0.326 e. The molecule has 0 aromatic heterocycles. The van der Waals surface area contributed by atoms with Crippen LogP contribution in [-0.4, -0.2) is 30.3 Å². The van der Waals surface area contributed by atoms with Crippen molar-refractivity contribution in [3.05, 3.63) is 53.6 Å². The Balaban J connectivity index is 1.95. The predicted octanol–water partition coefficient (Wildman–Crippen LogP) is 5.81. The molecule has 1 fully saturated rings. The summed E-state index contributed by atoms with van der Waals surface area (Å²) in [6.45, 7) is 6.19. The third-order valence-electron chi connectivity index (χ3n) is 6.05. The average molecular weight is 425 g/mol. The average Bonchev–Trinajstić information content (AvgIpc) is 2.75. The number of nitrogens with one attached hydrogen (secondary N) is 1. The van der Waals surface area contributed by atoms with E-state index < -0.39 is 5.97 Å².